The number of amides is 1. The minimum Gasteiger partial charge on any atom is -0.359 e. The molecule has 0 bridgehead atoms. The highest BCUT2D eigenvalue weighted by atomic mass is 32.2. The molecule has 0 saturated carbocycles. The van der Waals surface area contributed by atoms with Gasteiger partial charge in [-0.1, -0.05) is 25.1 Å². The van der Waals surface area contributed by atoms with E-state index in [-0.39, 0.29) is 41.4 Å². The average molecular weight is 598 g/mol. The van der Waals surface area contributed by atoms with E-state index in [2.05, 4.69) is 49.6 Å². The van der Waals surface area contributed by atoms with Crippen molar-refractivity contribution in [3.8, 4) is 11.3 Å². The Labute approximate surface area is 242 Å². The maximum Gasteiger partial charge on any atom is 0.241 e. The Morgan fingerprint density at radius 2 is 1.81 bits per heavy atom. The molecule has 2 aromatic heterocycles. The van der Waals surface area contributed by atoms with Crippen LogP contribution >= 0.6 is 0 Å². The molecule has 4 aromatic rings. The summed E-state index contributed by atoms with van der Waals surface area (Å²) in [7, 11) is -3.81. The number of para-hydroxylation sites is 1. The van der Waals surface area contributed by atoms with E-state index in [1.165, 1.54) is 12.1 Å². The molecule has 1 aliphatic rings. The molecule has 1 amide bonds. The lowest BCUT2D eigenvalue weighted by molar-refractivity contribution is -0.122. The molecule has 1 saturated heterocycles. The van der Waals surface area contributed by atoms with E-state index < -0.39 is 26.4 Å². The van der Waals surface area contributed by atoms with Crippen molar-refractivity contribution in [1.82, 2.24) is 25.2 Å². The molecule has 1 aliphatic heterocycles. The van der Waals surface area contributed by atoms with Crippen LogP contribution in [0.3, 0.4) is 0 Å². The SMILES string of the molecule is CC[C@@H](C(=O)Nc1cccc2c(-c3nc(Nc4cccc(S(C)(=O)=O)c4F)ncc3F)c[nH]c12)N1CC(C)N[C@H](C)C1. The van der Waals surface area contributed by atoms with E-state index in [1.54, 1.807) is 24.4 Å². The fraction of sp³-hybridized carbons (Fsp3) is 0.345. The number of fused-ring (bicyclic) bond motifs is 1. The number of piperazine rings is 1. The van der Waals surface area contributed by atoms with Crippen molar-refractivity contribution >= 4 is 44.0 Å². The first kappa shape index (κ1) is 29.5. The van der Waals surface area contributed by atoms with Crippen molar-refractivity contribution in [2.75, 3.05) is 30.0 Å². The third kappa shape index (κ3) is 5.98. The van der Waals surface area contributed by atoms with Gasteiger partial charge in [0.15, 0.2) is 21.5 Å². The molecule has 0 radical (unpaired) electrons. The number of nitrogens with one attached hydrogen (secondary N) is 4. The van der Waals surface area contributed by atoms with Crippen LogP contribution in [-0.4, -0.2) is 71.6 Å². The van der Waals surface area contributed by atoms with Gasteiger partial charge in [0.05, 0.1) is 29.1 Å². The van der Waals surface area contributed by atoms with Crippen LogP contribution in [0.15, 0.2) is 53.7 Å². The van der Waals surface area contributed by atoms with Gasteiger partial charge in [-0.25, -0.2) is 27.2 Å². The number of sulfone groups is 1. The van der Waals surface area contributed by atoms with Gasteiger partial charge < -0.3 is 20.9 Å². The number of benzene rings is 2. The second-order valence-corrected chi connectivity index (χ2v) is 12.7. The molecule has 222 valence electrons. The summed E-state index contributed by atoms with van der Waals surface area (Å²) in [6, 6.07) is 9.42. The number of H-pyrrole nitrogens is 1. The molecule has 0 aliphatic carbocycles. The lowest BCUT2D eigenvalue weighted by Crippen LogP contribution is -2.59. The largest absolute Gasteiger partial charge is 0.359 e. The summed E-state index contributed by atoms with van der Waals surface area (Å²) in [6.45, 7) is 7.72. The minimum atomic E-state index is -3.81. The Hall–Kier alpha value is -3.94. The molecule has 5 rings (SSSR count). The van der Waals surface area contributed by atoms with Gasteiger partial charge in [-0.3, -0.25) is 9.69 Å². The van der Waals surface area contributed by atoms with Gasteiger partial charge in [0.25, 0.3) is 0 Å². The third-order valence-corrected chi connectivity index (χ3v) is 8.41. The van der Waals surface area contributed by atoms with E-state index in [4.69, 9.17) is 0 Å². The second kappa shape index (κ2) is 11.7. The molecule has 42 heavy (non-hydrogen) atoms. The molecule has 1 fully saturated rings. The summed E-state index contributed by atoms with van der Waals surface area (Å²) >= 11 is 0. The number of carbonyl (C=O) groups is 1. The van der Waals surface area contributed by atoms with Crippen LogP contribution in [0.1, 0.15) is 27.2 Å². The summed E-state index contributed by atoms with van der Waals surface area (Å²) in [5.41, 5.74) is 1.32. The number of aromatic amines is 1. The summed E-state index contributed by atoms with van der Waals surface area (Å²) in [5.74, 6) is -1.95. The summed E-state index contributed by atoms with van der Waals surface area (Å²) in [6.07, 6.45) is 4.09. The van der Waals surface area contributed by atoms with E-state index >= 15 is 4.39 Å². The first-order valence-electron chi connectivity index (χ1n) is 13.7. The predicted molar refractivity (Wildman–Crippen MR) is 158 cm³/mol. The molecule has 3 heterocycles. The van der Waals surface area contributed by atoms with Crippen molar-refractivity contribution in [2.24, 2.45) is 0 Å². The Morgan fingerprint density at radius 3 is 2.50 bits per heavy atom. The maximum absolute atomic E-state index is 15.0. The van der Waals surface area contributed by atoms with Gasteiger partial charge in [0.1, 0.15) is 10.6 Å². The van der Waals surface area contributed by atoms with Crippen LogP contribution in [0.4, 0.5) is 26.1 Å². The summed E-state index contributed by atoms with van der Waals surface area (Å²) in [4.78, 5) is 26.4. The number of hydrogen-bond donors (Lipinski definition) is 4. The number of nitrogens with zero attached hydrogens (tertiary/aromatic N) is 3. The summed E-state index contributed by atoms with van der Waals surface area (Å²) in [5, 5.41) is 9.80. The van der Waals surface area contributed by atoms with Gasteiger partial charge in [-0.2, -0.15) is 0 Å². The molecule has 10 nitrogen and oxygen atoms in total. The van der Waals surface area contributed by atoms with Crippen molar-refractivity contribution in [3.63, 3.8) is 0 Å². The Bertz CT molecular complexity index is 1730. The smallest absolute Gasteiger partial charge is 0.241 e. The third-order valence-electron chi connectivity index (χ3n) is 7.30. The zero-order valence-electron chi connectivity index (χ0n) is 23.7. The highest BCUT2D eigenvalue weighted by Gasteiger charge is 2.30. The molecule has 0 spiro atoms. The molecular weight excluding hydrogens is 564 g/mol. The van der Waals surface area contributed by atoms with Crippen LogP contribution < -0.4 is 16.0 Å². The molecule has 13 heteroatoms. The number of anilines is 3. The van der Waals surface area contributed by atoms with Crippen molar-refractivity contribution in [1.29, 1.82) is 0 Å². The van der Waals surface area contributed by atoms with E-state index in [0.717, 1.165) is 31.6 Å². The molecule has 3 atom stereocenters. The van der Waals surface area contributed by atoms with Crippen LogP contribution in [0.25, 0.3) is 22.2 Å². The van der Waals surface area contributed by atoms with Crippen LogP contribution in [0.5, 0.6) is 0 Å². The Balaban J connectivity index is 1.43. The highest BCUT2D eigenvalue weighted by molar-refractivity contribution is 7.90. The van der Waals surface area contributed by atoms with Gasteiger partial charge in [0, 0.05) is 48.6 Å². The van der Waals surface area contributed by atoms with Crippen molar-refractivity contribution < 1.29 is 22.0 Å². The van der Waals surface area contributed by atoms with Crippen molar-refractivity contribution in [2.45, 2.75) is 50.2 Å². The Morgan fingerprint density at radius 1 is 1.12 bits per heavy atom. The summed E-state index contributed by atoms with van der Waals surface area (Å²) < 4.78 is 53.7. The van der Waals surface area contributed by atoms with E-state index in [1.807, 2.05) is 6.92 Å². The number of rotatable bonds is 8. The fourth-order valence-electron chi connectivity index (χ4n) is 5.53. The van der Waals surface area contributed by atoms with Crippen LogP contribution in [0, 0.1) is 11.6 Å². The monoisotopic (exact) mass is 597 g/mol. The first-order valence-corrected chi connectivity index (χ1v) is 15.5. The van der Waals surface area contributed by atoms with E-state index in [9.17, 15) is 17.6 Å². The van der Waals surface area contributed by atoms with Gasteiger partial charge in [-0.05, 0) is 38.5 Å². The molecule has 4 N–H and O–H groups in total. The number of aromatic nitrogens is 3. The number of hydrogen-bond acceptors (Lipinski definition) is 8. The molecule has 2 aromatic carbocycles. The van der Waals surface area contributed by atoms with Crippen LogP contribution in [0.2, 0.25) is 0 Å². The van der Waals surface area contributed by atoms with Gasteiger partial charge in [-0.15, -0.1) is 0 Å². The minimum absolute atomic E-state index is 0.0582. The van der Waals surface area contributed by atoms with E-state index in [0.29, 0.717) is 28.6 Å². The lowest BCUT2D eigenvalue weighted by Gasteiger charge is -2.40. The topological polar surface area (TPSA) is 132 Å². The van der Waals surface area contributed by atoms with Crippen LogP contribution in [-0.2, 0) is 14.6 Å². The van der Waals surface area contributed by atoms with Gasteiger partial charge >= 0.3 is 0 Å². The number of carbonyl (C=O) groups excluding carboxylic acids is 1. The number of halogens is 2. The standard InChI is InChI=1S/C29H33F2N7O3S/c1-5-23(38-14-16(2)34-17(3)15-38)28(39)35-22-10-6-8-18-19(12-32-27(18)22)26-20(30)13-33-29(37-26)36-21-9-7-11-24(25(21)31)42(4,40)41/h6-13,16-17,23,32,34H,5,14-15H2,1-4H3,(H,35,39)(H,33,36,37)/t16-,17?,23+/m1/s1. The quantitative estimate of drug-likeness (QED) is 0.234. The Kier molecular flexibility index (Phi) is 8.26. The molecular formula is C29H33F2N7O3S. The first-order chi connectivity index (χ1) is 20.0. The average Bonchev–Trinajstić information content (AvgIpc) is 3.35. The molecule has 1 unspecified atom stereocenters. The van der Waals surface area contributed by atoms with Crippen molar-refractivity contribution in [3.05, 3.63) is 60.4 Å². The second-order valence-electron chi connectivity index (χ2n) is 10.7. The normalized spacial score (nSPS) is 18.6. The zero-order valence-corrected chi connectivity index (χ0v) is 24.5. The maximum atomic E-state index is 15.0. The highest BCUT2D eigenvalue weighted by Crippen LogP contribution is 2.34. The fourth-order valence-corrected chi connectivity index (χ4v) is 6.30. The van der Waals surface area contributed by atoms with Gasteiger partial charge in [0.2, 0.25) is 11.9 Å². The lowest BCUT2D eigenvalue weighted by atomic mass is 10.1. The zero-order chi connectivity index (χ0) is 30.2. The predicted octanol–water partition coefficient (Wildman–Crippen LogP) is 4.45.